The second-order valence-electron chi connectivity index (χ2n) is 4.84. The Hall–Kier alpha value is -1.03. The summed E-state index contributed by atoms with van der Waals surface area (Å²) in [5.41, 5.74) is 3.17. The average Bonchev–Trinajstić information content (AvgIpc) is 2.75. The van der Waals surface area contributed by atoms with Gasteiger partial charge in [0.2, 0.25) is 0 Å². The number of halogens is 2. The molecule has 1 N–H and O–H groups in total. The SMILES string of the molecule is CCCNC(c1cccc(Cl)c1C)c1c(Cl)cnn1C. The molecule has 0 saturated heterocycles. The molecule has 1 aromatic carbocycles. The van der Waals surface area contributed by atoms with Gasteiger partial charge in [-0.25, -0.2) is 0 Å². The van der Waals surface area contributed by atoms with Gasteiger partial charge >= 0.3 is 0 Å². The normalized spacial score (nSPS) is 12.7. The van der Waals surface area contributed by atoms with Crippen molar-refractivity contribution in [3.63, 3.8) is 0 Å². The molecule has 0 amide bonds. The highest BCUT2D eigenvalue weighted by Gasteiger charge is 2.22. The molecule has 108 valence electrons. The molecule has 0 radical (unpaired) electrons. The topological polar surface area (TPSA) is 29.9 Å². The molecule has 2 aromatic rings. The van der Waals surface area contributed by atoms with Crippen molar-refractivity contribution in [3.05, 3.63) is 51.3 Å². The molecular weight excluding hydrogens is 293 g/mol. The Morgan fingerprint density at radius 3 is 2.65 bits per heavy atom. The Morgan fingerprint density at radius 1 is 1.30 bits per heavy atom. The zero-order chi connectivity index (χ0) is 14.7. The number of nitrogens with one attached hydrogen (secondary N) is 1. The molecule has 2 rings (SSSR count). The Balaban J connectivity index is 2.50. The quantitative estimate of drug-likeness (QED) is 0.900. The van der Waals surface area contributed by atoms with E-state index in [-0.39, 0.29) is 6.04 Å². The van der Waals surface area contributed by atoms with Crippen molar-refractivity contribution in [3.8, 4) is 0 Å². The van der Waals surface area contributed by atoms with Crippen LogP contribution in [0.5, 0.6) is 0 Å². The lowest BCUT2D eigenvalue weighted by Gasteiger charge is -2.22. The number of aryl methyl sites for hydroxylation is 1. The summed E-state index contributed by atoms with van der Waals surface area (Å²) in [5, 5.41) is 9.20. The minimum atomic E-state index is -0.00588. The van der Waals surface area contributed by atoms with E-state index in [1.54, 1.807) is 6.20 Å². The second-order valence-corrected chi connectivity index (χ2v) is 5.66. The lowest BCUT2D eigenvalue weighted by molar-refractivity contribution is 0.552. The fourth-order valence-electron chi connectivity index (χ4n) is 2.32. The highest BCUT2D eigenvalue weighted by Crippen LogP contribution is 2.32. The molecule has 20 heavy (non-hydrogen) atoms. The fraction of sp³-hybridized carbons (Fsp3) is 0.400. The van der Waals surface area contributed by atoms with E-state index in [9.17, 15) is 0 Å². The lowest BCUT2D eigenvalue weighted by atomic mass is 9.98. The van der Waals surface area contributed by atoms with Crippen LogP contribution in [0.15, 0.2) is 24.4 Å². The van der Waals surface area contributed by atoms with Crippen molar-refractivity contribution in [2.45, 2.75) is 26.3 Å². The number of aromatic nitrogens is 2. The standard InChI is InChI=1S/C15H19Cl2N3/c1-4-8-18-14(15-13(17)9-19-20(15)3)11-6-5-7-12(16)10(11)2/h5-7,9,14,18H,4,8H2,1-3H3. The first-order chi connectivity index (χ1) is 9.56. The number of benzene rings is 1. The summed E-state index contributed by atoms with van der Waals surface area (Å²) < 4.78 is 1.82. The van der Waals surface area contributed by atoms with Crippen LogP contribution < -0.4 is 5.32 Å². The van der Waals surface area contributed by atoms with Gasteiger partial charge in [-0.05, 0) is 37.1 Å². The van der Waals surface area contributed by atoms with Gasteiger partial charge in [0, 0.05) is 12.1 Å². The van der Waals surface area contributed by atoms with Crippen LogP contribution >= 0.6 is 23.2 Å². The minimum absolute atomic E-state index is 0.00588. The van der Waals surface area contributed by atoms with Crippen molar-refractivity contribution in [1.29, 1.82) is 0 Å². The minimum Gasteiger partial charge on any atom is -0.305 e. The summed E-state index contributed by atoms with van der Waals surface area (Å²) in [5.74, 6) is 0. The molecule has 0 aliphatic rings. The zero-order valence-corrected chi connectivity index (χ0v) is 13.5. The molecular formula is C15H19Cl2N3. The molecule has 1 heterocycles. The molecule has 1 atom stereocenters. The lowest BCUT2D eigenvalue weighted by Crippen LogP contribution is -2.26. The maximum atomic E-state index is 6.30. The fourth-order valence-corrected chi connectivity index (χ4v) is 2.78. The van der Waals surface area contributed by atoms with Gasteiger partial charge in [0.05, 0.1) is 23.0 Å². The van der Waals surface area contributed by atoms with Crippen LogP contribution in [0.25, 0.3) is 0 Å². The van der Waals surface area contributed by atoms with E-state index in [1.165, 1.54) is 0 Å². The molecule has 0 bridgehead atoms. The van der Waals surface area contributed by atoms with Crippen LogP contribution in [0.3, 0.4) is 0 Å². The average molecular weight is 312 g/mol. The van der Waals surface area contributed by atoms with Gasteiger partial charge in [0.1, 0.15) is 0 Å². The third-order valence-electron chi connectivity index (χ3n) is 3.43. The first kappa shape index (κ1) is 15.4. The van der Waals surface area contributed by atoms with Gasteiger partial charge in [-0.1, -0.05) is 42.3 Å². The van der Waals surface area contributed by atoms with Gasteiger partial charge in [-0.15, -0.1) is 0 Å². The van der Waals surface area contributed by atoms with E-state index in [4.69, 9.17) is 23.2 Å². The van der Waals surface area contributed by atoms with Crippen molar-refractivity contribution in [2.75, 3.05) is 6.54 Å². The molecule has 0 aliphatic carbocycles. The van der Waals surface area contributed by atoms with Crippen molar-refractivity contribution in [1.82, 2.24) is 15.1 Å². The van der Waals surface area contributed by atoms with Crippen LogP contribution in [0.1, 0.15) is 36.2 Å². The van der Waals surface area contributed by atoms with E-state index < -0.39 is 0 Å². The molecule has 1 aromatic heterocycles. The maximum absolute atomic E-state index is 6.30. The third kappa shape index (κ3) is 3.00. The maximum Gasteiger partial charge on any atom is 0.0837 e. The largest absolute Gasteiger partial charge is 0.305 e. The van der Waals surface area contributed by atoms with E-state index >= 15 is 0 Å². The predicted molar refractivity (Wildman–Crippen MR) is 84.5 cm³/mol. The Bertz CT molecular complexity index is 573. The number of rotatable bonds is 5. The van der Waals surface area contributed by atoms with Crippen molar-refractivity contribution >= 4 is 23.2 Å². The van der Waals surface area contributed by atoms with Crippen LogP contribution in [0.4, 0.5) is 0 Å². The zero-order valence-electron chi connectivity index (χ0n) is 12.0. The van der Waals surface area contributed by atoms with Gasteiger partial charge in [-0.3, -0.25) is 4.68 Å². The summed E-state index contributed by atoms with van der Waals surface area (Å²) in [6, 6.07) is 5.95. The number of hydrogen-bond donors (Lipinski definition) is 1. The van der Waals surface area contributed by atoms with E-state index in [2.05, 4.69) is 23.4 Å². The van der Waals surface area contributed by atoms with Crippen LogP contribution in [-0.4, -0.2) is 16.3 Å². The second kappa shape index (κ2) is 6.61. The first-order valence-electron chi connectivity index (χ1n) is 6.72. The predicted octanol–water partition coefficient (Wildman–Crippen LogP) is 4.12. The number of nitrogens with zero attached hydrogens (tertiary/aromatic N) is 2. The number of hydrogen-bond acceptors (Lipinski definition) is 2. The highest BCUT2D eigenvalue weighted by molar-refractivity contribution is 6.31. The van der Waals surface area contributed by atoms with Gasteiger partial charge in [0.25, 0.3) is 0 Å². The first-order valence-corrected chi connectivity index (χ1v) is 7.47. The van der Waals surface area contributed by atoms with E-state index in [1.807, 2.05) is 30.8 Å². The van der Waals surface area contributed by atoms with Gasteiger partial charge < -0.3 is 5.32 Å². The smallest absolute Gasteiger partial charge is 0.0837 e. The van der Waals surface area contributed by atoms with Gasteiger partial charge in [0.15, 0.2) is 0 Å². The molecule has 0 aliphatic heterocycles. The molecule has 0 fully saturated rings. The van der Waals surface area contributed by atoms with Gasteiger partial charge in [-0.2, -0.15) is 5.10 Å². The molecule has 5 heteroatoms. The molecule has 0 saturated carbocycles. The molecule has 1 unspecified atom stereocenters. The summed E-state index contributed by atoms with van der Waals surface area (Å²) >= 11 is 12.6. The van der Waals surface area contributed by atoms with Crippen LogP contribution in [0.2, 0.25) is 10.0 Å². The third-order valence-corrected chi connectivity index (χ3v) is 4.13. The van der Waals surface area contributed by atoms with Crippen LogP contribution in [-0.2, 0) is 7.05 Å². The highest BCUT2D eigenvalue weighted by atomic mass is 35.5. The Labute approximate surface area is 129 Å². The monoisotopic (exact) mass is 311 g/mol. The Kier molecular flexibility index (Phi) is 5.08. The summed E-state index contributed by atoms with van der Waals surface area (Å²) in [4.78, 5) is 0. The summed E-state index contributed by atoms with van der Waals surface area (Å²) in [7, 11) is 1.90. The van der Waals surface area contributed by atoms with Crippen LogP contribution in [0, 0.1) is 6.92 Å². The van der Waals surface area contributed by atoms with E-state index in [0.717, 1.165) is 34.8 Å². The summed E-state index contributed by atoms with van der Waals surface area (Å²) in [6.07, 6.45) is 2.73. The summed E-state index contributed by atoms with van der Waals surface area (Å²) in [6.45, 7) is 5.07. The molecule has 0 spiro atoms. The Morgan fingerprint density at radius 2 is 2.05 bits per heavy atom. The van der Waals surface area contributed by atoms with Crippen molar-refractivity contribution < 1.29 is 0 Å². The van der Waals surface area contributed by atoms with E-state index in [0.29, 0.717) is 5.02 Å². The molecule has 3 nitrogen and oxygen atoms in total. The van der Waals surface area contributed by atoms with Crippen molar-refractivity contribution in [2.24, 2.45) is 7.05 Å².